The van der Waals surface area contributed by atoms with Gasteiger partial charge in [-0.25, -0.2) is 0 Å². The summed E-state index contributed by atoms with van der Waals surface area (Å²) >= 11 is 0. The first-order chi connectivity index (χ1) is 9.00. The van der Waals surface area contributed by atoms with Gasteiger partial charge < -0.3 is 0 Å². The van der Waals surface area contributed by atoms with Crippen LogP contribution in [0.1, 0.15) is 5.56 Å². The zero-order chi connectivity index (χ0) is 14.0. The van der Waals surface area contributed by atoms with Crippen LogP contribution in [0.15, 0.2) is 42.5 Å². The number of rotatable bonds is 3. The van der Waals surface area contributed by atoms with Gasteiger partial charge in [-0.2, -0.15) is 0 Å². The van der Waals surface area contributed by atoms with Crippen LogP contribution < -0.4 is 0 Å². The van der Waals surface area contributed by atoms with E-state index >= 15 is 0 Å². The molecule has 2 aromatic rings. The molecule has 0 N–H and O–H groups in total. The minimum Gasteiger partial charge on any atom is -0.258 e. The molecule has 6 heteroatoms. The van der Waals surface area contributed by atoms with Gasteiger partial charge in [0.05, 0.1) is 9.85 Å². The smallest absolute Gasteiger partial charge is 0.258 e. The number of nitro groups is 2. The SMILES string of the molecule is Cc1c(-c2cccc([N+](=O)[O-])c2)cccc1[N+](=O)[O-]. The van der Waals surface area contributed by atoms with Crippen LogP contribution in [0.5, 0.6) is 0 Å². The molecule has 19 heavy (non-hydrogen) atoms. The summed E-state index contributed by atoms with van der Waals surface area (Å²) in [7, 11) is 0. The third-order valence-electron chi connectivity index (χ3n) is 2.87. The van der Waals surface area contributed by atoms with Crippen molar-refractivity contribution in [2.45, 2.75) is 6.92 Å². The highest BCUT2D eigenvalue weighted by atomic mass is 16.6. The van der Waals surface area contributed by atoms with Crippen molar-refractivity contribution in [3.63, 3.8) is 0 Å². The van der Waals surface area contributed by atoms with Gasteiger partial charge in [-0.3, -0.25) is 20.2 Å². The third-order valence-corrected chi connectivity index (χ3v) is 2.87. The fourth-order valence-electron chi connectivity index (χ4n) is 1.92. The van der Waals surface area contributed by atoms with Crippen LogP contribution in [0, 0.1) is 27.2 Å². The van der Waals surface area contributed by atoms with Gasteiger partial charge in [0.15, 0.2) is 0 Å². The Morgan fingerprint density at radius 3 is 2.26 bits per heavy atom. The van der Waals surface area contributed by atoms with Crippen LogP contribution in [0.25, 0.3) is 11.1 Å². The van der Waals surface area contributed by atoms with Crippen LogP contribution >= 0.6 is 0 Å². The Balaban J connectivity index is 2.59. The summed E-state index contributed by atoms with van der Waals surface area (Å²) in [6, 6.07) is 10.7. The van der Waals surface area contributed by atoms with Gasteiger partial charge >= 0.3 is 0 Å². The van der Waals surface area contributed by atoms with Crippen molar-refractivity contribution in [2.24, 2.45) is 0 Å². The molecule has 0 aliphatic rings. The summed E-state index contributed by atoms with van der Waals surface area (Å²) < 4.78 is 0. The predicted molar refractivity (Wildman–Crippen MR) is 69.9 cm³/mol. The van der Waals surface area contributed by atoms with E-state index in [9.17, 15) is 20.2 Å². The maximum absolute atomic E-state index is 10.9. The van der Waals surface area contributed by atoms with Gasteiger partial charge in [0, 0.05) is 23.8 Å². The maximum Gasteiger partial charge on any atom is 0.272 e. The zero-order valence-corrected chi connectivity index (χ0v) is 10.1. The molecule has 2 rings (SSSR count). The molecule has 0 amide bonds. The Bertz CT molecular complexity index is 667. The predicted octanol–water partition coefficient (Wildman–Crippen LogP) is 3.48. The lowest BCUT2D eigenvalue weighted by Crippen LogP contribution is -1.94. The van der Waals surface area contributed by atoms with E-state index in [0.717, 1.165) is 0 Å². The molecule has 0 aromatic heterocycles. The molecule has 0 atom stereocenters. The normalized spacial score (nSPS) is 10.2. The van der Waals surface area contributed by atoms with E-state index in [1.165, 1.54) is 18.2 Å². The van der Waals surface area contributed by atoms with E-state index in [-0.39, 0.29) is 11.4 Å². The summed E-state index contributed by atoms with van der Waals surface area (Å²) in [4.78, 5) is 20.7. The standard InChI is InChI=1S/C13H10N2O4/c1-9-12(6-3-7-13(9)15(18)19)10-4-2-5-11(8-10)14(16)17/h2-8H,1H3. The lowest BCUT2D eigenvalue weighted by Gasteiger charge is -2.06. The number of non-ortho nitro benzene ring substituents is 1. The molecule has 0 spiro atoms. The number of hydrogen-bond donors (Lipinski definition) is 0. The van der Waals surface area contributed by atoms with E-state index < -0.39 is 9.85 Å². The molecule has 6 nitrogen and oxygen atoms in total. The van der Waals surface area contributed by atoms with Crippen molar-refractivity contribution in [1.82, 2.24) is 0 Å². The minimum atomic E-state index is -0.490. The second kappa shape index (κ2) is 4.85. The molecule has 0 aliphatic carbocycles. The van der Waals surface area contributed by atoms with Crippen LogP contribution in [0.3, 0.4) is 0 Å². The summed E-state index contributed by atoms with van der Waals surface area (Å²) in [6.07, 6.45) is 0. The van der Waals surface area contributed by atoms with Crippen LogP contribution in [-0.4, -0.2) is 9.85 Å². The topological polar surface area (TPSA) is 86.3 Å². The van der Waals surface area contributed by atoms with Gasteiger partial charge in [-0.15, -0.1) is 0 Å². The molecule has 0 heterocycles. The average Bonchev–Trinajstić information content (AvgIpc) is 2.38. The van der Waals surface area contributed by atoms with E-state index in [1.807, 2.05) is 0 Å². The molecule has 0 aliphatic heterocycles. The summed E-state index contributed by atoms with van der Waals surface area (Å²) in [5.41, 5.74) is 1.67. The lowest BCUT2D eigenvalue weighted by atomic mass is 9.99. The Labute approximate surface area is 108 Å². The molecule has 96 valence electrons. The second-order valence-corrected chi connectivity index (χ2v) is 4.01. The highest BCUT2D eigenvalue weighted by Gasteiger charge is 2.15. The third kappa shape index (κ3) is 2.42. The largest absolute Gasteiger partial charge is 0.272 e. The highest BCUT2D eigenvalue weighted by Crippen LogP contribution is 2.31. The lowest BCUT2D eigenvalue weighted by molar-refractivity contribution is -0.385. The van der Waals surface area contributed by atoms with E-state index in [2.05, 4.69) is 0 Å². The van der Waals surface area contributed by atoms with Crippen molar-refractivity contribution in [1.29, 1.82) is 0 Å². The van der Waals surface area contributed by atoms with Gasteiger partial charge in [0.1, 0.15) is 0 Å². The first-order valence-corrected chi connectivity index (χ1v) is 5.49. The first kappa shape index (κ1) is 12.7. The van der Waals surface area contributed by atoms with E-state index in [1.54, 1.807) is 31.2 Å². The Morgan fingerprint density at radius 1 is 0.947 bits per heavy atom. The maximum atomic E-state index is 10.9. The van der Waals surface area contributed by atoms with Crippen molar-refractivity contribution < 1.29 is 9.85 Å². The summed E-state index contributed by atoms with van der Waals surface area (Å²) in [6.45, 7) is 1.63. The number of hydrogen-bond acceptors (Lipinski definition) is 4. The minimum absolute atomic E-state index is 0.00371. The molecular weight excluding hydrogens is 248 g/mol. The van der Waals surface area contributed by atoms with E-state index in [4.69, 9.17) is 0 Å². The van der Waals surface area contributed by atoms with Crippen molar-refractivity contribution in [2.75, 3.05) is 0 Å². The zero-order valence-electron chi connectivity index (χ0n) is 10.1. The number of nitro benzene ring substituents is 2. The van der Waals surface area contributed by atoms with Gasteiger partial charge in [-0.05, 0) is 18.1 Å². The molecule has 0 fully saturated rings. The molecule has 2 aromatic carbocycles. The van der Waals surface area contributed by atoms with Gasteiger partial charge in [-0.1, -0.05) is 24.3 Å². The summed E-state index contributed by atoms with van der Waals surface area (Å²) in [5.74, 6) is 0. The Hall–Kier alpha value is -2.76. The Morgan fingerprint density at radius 2 is 1.63 bits per heavy atom. The monoisotopic (exact) mass is 258 g/mol. The quantitative estimate of drug-likeness (QED) is 0.622. The van der Waals surface area contributed by atoms with E-state index in [0.29, 0.717) is 16.7 Å². The van der Waals surface area contributed by atoms with Gasteiger partial charge in [0.25, 0.3) is 11.4 Å². The highest BCUT2D eigenvalue weighted by molar-refractivity contribution is 5.72. The fourth-order valence-corrected chi connectivity index (χ4v) is 1.92. The second-order valence-electron chi connectivity index (χ2n) is 4.01. The molecule has 0 saturated heterocycles. The number of benzene rings is 2. The average molecular weight is 258 g/mol. The van der Waals surface area contributed by atoms with Gasteiger partial charge in [0.2, 0.25) is 0 Å². The first-order valence-electron chi connectivity index (χ1n) is 5.49. The Kier molecular flexibility index (Phi) is 3.24. The molecule has 0 saturated carbocycles. The van der Waals surface area contributed by atoms with Crippen molar-refractivity contribution in [3.8, 4) is 11.1 Å². The molecular formula is C13H10N2O4. The number of nitrogens with zero attached hydrogens (tertiary/aromatic N) is 2. The van der Waals surface area contributed by atoms with Crippen molar-refractivity contribution in [3.05, 3.63) is 68.3 Å². The van der Waals surface area contributed by atoms with Crippen LogP contribution in [0.4, 0.5) is 11.4 Å². The molecule has 0 radical (unpaired) electrons. The molecule has 0 unspecified atom stereocenters. The van der Waals surface area contributed by atoms with Crippen LogP contribution in [0.2, 0.25) is 0 Å². The fraction of sp³-hybridized carbons (Fsp3) is 0.0769. The van der Waals surface area contributed by atoms with Crippen molar-refractivity contribution >= 4 is 11.4 Å². The van der Waals surface area contributed by atoms with Crippen LogP contribution in [-0.2, 0) is 0 Å². The molecule has 0 bridgehead atoms. The summed E-state index contributed by atoms with van der Waals surface area (Å²) in [5, 5.41) is 21.6.